The Labute approximate surface area is 93.9 Å². The number of nitrogens with two attached hydrogens (primary N) is 1. The summed E-state index contributed by atoms with van der Waals surface area (Å²) in [6.45, 7) is 0. The van der Waals surface area contributed by atoms with E-state index in [4.69, 9.17) is 5.73 Å². The molecule has 0 unspecified atom stereocenters. The highest BCUT2D eigenvalue weighted by atomic mass is 15.0. The van der Waals surface area contributed by atoms with Crippen LogP contribution in [0, 0.1) is 0 Å². The average molecular weight is 208 g/mol. The molecule has 2 heteroatoms. The third kappa shape index (κ3) is 1.27. The second-order valence-electron chi connectivity index (χ2n) is 3.81. The summed E-state index contributed by atoms with van der Waals surface area (Å²) in [5.41, 5.74) is 9.04. The van der Waals surface area contributed by atoms with Crippen molar-refractivity contribution in [1.82, 2.24) is 4.57 Å². The van der Waals surface area contributed by atoms with E-state index in [1.54, 1.807) is 0 Å². The van der Waals surface area contributed by atoms with E-state index in [1.807, 2.05) is 30.3 Å². The van der Waals surface area contributed by atoms with E-state index in [0.717, 1.165) is 16.9 Å². The molecule has 3 rings (SSSR count). The van der Waals surface area contributed by atoms with Gasteiger partial charge in [-0.1, -0.05) is 30.3 Å². The van der Waals surface area contributed by atoms with E-state index in [0.29, 0.717) is 0 Å². The molecule has 16 heavy (non-hydrogen) atoms. The van der Waals surface area contributed by atoms with Crippen molar-refractivity contribution in [2.75, 3.05) is 5.73 Å². The fourth-order valence-electron chi connectivity index (χ4n) is 2.03. The quantitative estimate of drug-likeness (QED) is 0.611. The number of hydrogen-bond donors (Lipinski definition) is 1. The normalized spacial score (nSPS) is 10.8. The Bertz CT molecular complexity index is 624. The van der Waals surface area contributed by atoms with Crippen LogP contribution in [0.25, 0.3) is 16.6 Å². The Morgan fingerprint density at radius 1 is 0.812 bits per heavy atom. The van der Waals surface area contributed by atoms with Gasteiger partial charge in [0.25, 0.3) is 0 Å². The van der Waals surface area contributed by atoms with Crippen molar-refractivity contribution < 1.29 is 0 Å². The molecule has 0 saturated heterocycles. The van der Waals surface area contributed by atoms with E-state index < -0.39 is 0 Å². The summed E-state index contributed by atoms with van der Waals surface area (Å²) in [7, 11) is 0. The number of rotatable bonds is 1. The molecule has 1 aromatic heterocycles. The molecule has 0 aliphatic carbocycles. The maximum Gasteiger partial charge on any atom is 0.0759 e. The summed E-state index contributed by atoms with van der Waals surface area (Å²) < 4.78 is 2.12. The third-order valence-corrected chi connectivity index (χ3v) is 2.78. The maximum absolute atomic E-state index is 6.02. The summed E-state index contributed by atoms with van der Waals surface area (Å²) >= 11 is 0. The topological polar surface area (TPSA) is 30.9 Å². The van der Waals surface area contributed by atoms with E-state index in [9.17, 15) is 0 Å². The third-order valence-electron chi connectivity index (χ3n) is 2.78. The van der Waals surface area contributed by atoms with Crippen molar-refractivity contribution in [2.24, 2.45) is 0 Å². The Kier molecular flexibility index (Phi) is 1.93. The van der Waals surface area contributed by atoms with E-state index in [2.05, 4.69) is 35.0 Å². The fraction of sp³-hybridized carbons (Fsp3) is 0. The van der Waals surface area contributed by atoms with Gasteiger partial charge in [-0.3, -0.25) is 0 Å². The number of nitrogens with zero attached hydrogens (tertiary/aromatic N) is 1. The summed E-state index contributed by atoms with van der Waals surface area (Å²) in [5.74, 6) is 0. The molecular formula is C14H12N2. The lowest BCUT2D eigenvalue weighted by Crippen LogP contribution is -1.95. The molecule has 2 N–H and O–H groups in total. The highest BCUT2D eigenvalue weighted by molar-refractivity contribution is 5.91. The van der Waals surface area contributed by atoms with Gasteiger partial charge in [-0.05, 0) is 24.3 Å². The van der Waals surface area contributed by atoms with Gasteiger partial charge in [-0.15, -0.1) is 0 Å². The number of para-hydroxylation sites is 2. The molecule has 78 valence electrons. The van der Waals surface area contributed by atoms with Gasteiger partial charge >= 0.3 is 0 Å². The van der Waals surface area contributed by atoms with Crippen molar-refractivity contribution in [3.63, 3.8) is 0 Å². The summed E-state index contributed by atoms with van der Waals surface area (Å²) in [6.07, 6.45) is 2.05. The SMILES string of the molecule is Nc1cccc2ccn(-c3ccccc3)c12. The first-order valence-corrected chi connectivity index (χ1v) is 5.27. The Balaban J connectivity index is 2.33. The molecule has 0 amide bonds. The zero-order chi connectivity index (χ0) is 11.0. The Hall–Kier alpha value is -2.22. The highest BCUT2D eigenvalue weighted by Gasteiger charge is 2.04. The maximum atomic E-state index is 6.02. The lowest BCUT2D eigenvalue weighted by Gasteiger charge is -2.06. The van der Waals surface area contributed by atoms with E-state index in [1.165, 1.54) is 5.39 Å². The molecule has 0 atom stereocenters. The minimum Gasteiger partial charge on any atom is -0.397 e. The summed E-state index contributed by atoms with van der Waals surface area (Å²) in [5, 5.41) is 1.17. The largest absolute Gasteiger partial charge is 0.397 e. The molecule has 1 heterocycles. The van der Waals surface area contributed by atoms with Gasteiger partial charge in [0.2, 0.25) is 0 Å². The van der Waals surface area contributed by atoms with Crippen LogP contribution in [0.1, 0.15) is 0 Å². The molecule has 2 nitrogen and oxygen atoms in total. The first-order chi connectivity index (χ1) is 7.86. The number of anilines is 1. The van der Waals surface area contributed by atoms with Gasteiger partial charge in [0.1, 0.15) is 0 Å². The molecule has 0 spiro atoms. The molecule has 0 saturated carbocycles. The predicted octanol–water partition coefficient (Wildman–Crippen LogP) is 3.21. The van der Waals surface area contributed by atoms with Gasteiger partial charge in [0, 0.05) is 17.3 Å². The molecule has 0 fully saturated rings. The van der Waals surface area contributed by atoms with Gasteiger partial charge in [-0.25, -0.2) is 0 Å². The number of benzene rings is 2. The Morgan fingerprint density at radius 3 is 2.44 bits per heavy atom. The molecule has 3 aromatic rings. The smallest absolute Gasteiger partial charge is 0.0759 e. The van der Waals surface area contributed by atoms with Crippen LogP contribution in [0.2, 0.25) is 0 Å². The van der Waals surface area contributed by atoms with Crippen molar-refractivity contribution in [3.8, 4) is 5.69 Å². The minimum absolute atomic E-state index is 0.811. The fourth-order valence-corrected chi connectivity index (χ4v) is 2.03. The average Bonchev–Trinajstić information content (AvgIpc) is 2.75. The number of aromatic nitrogens is 1. The van der Waals surface area contributed by atoms with Crippen LogP contribution in [-0.4, -0.2) is 4.57 Å². The van der Waals surface area contributed by atoms with Crippen molar-refractivity contribution in [2.45, 2.75) is 0 Å². The predicted molar refractivity (Wildman–Crippen MR) is 67.7 cm³/mol. The molecule has 2 aromatic carbocycles. The number of hydrogen-bond acceptors (Lipinski definition) is 1. The van der Waals surface area contributed by atoms with Crippen LogP contribution in [-0.2, 0) is 0 Å². The number of fused-ring (bicyclic) bond motifs is 1. The van der Waals surface area contributed by atoms with Gasteiger partial charge < -0.3 is 10.3 Å². The number of nitrogen functional groups attached to an aromatic ring is 1. The first kappa shape index (κ1) is 9.04. The second kappa shape index (κ2) is 3.42. The second-order valence-corrected chi connectivity index (χ2v) is 3.81. The van der Waals surface area contributed by atoms with Crippen molar-refractivity contribution >= 4 is 16.6 Å². The summed E-state index contributed by atoms with van der Waals surface area (Å²) in [6, 6.07) is 18.3. The van der Waals surface area contributed by atoms with Crippen LogP contribution >= 0.6 is 0 Å². The van der Waals surface area contributed by atoms with Crippen molar-refractivity contribution in [1.29, 1.82) is 0 Å². The van der Waals surface area contributed by atoms with Crippen molar-refractivity contribution in [3.05, 3.63) is 60.8 Å². The summed E-state index contributed by atoms with van der Waals surface area (Å²) in [4.78, 5) is 0. The van der Waals surface area contributed by atoms with Crippen LogP contribution in [0.5, 0.6) is 0 Å². The zero-order valence-corrected chi connectivity index (χ0v) is 8.80. The van der Waals surface area contributed by atoms with Gasteiger partial charge in [-0.2, -0.15) is 0 Å². The highest BCUT2D eigenvalue weighted by Crippen LogP contribution is 2.25. The lowest BCUT2D eigenvalue weighted by atomic mass is 10.2. The zero-order valence-electron chi connectivity index (χ0n) is 8.80. The standard InChI is InChI=1S/C14H12N2/c15-13-8-4-5-11-9-10-16(14(11)13)12-6-2-1-3-7-12/h1-10H,15H2. The molecule has 0 radical (unpaired) electrons. The Morgan fingerprint density at radius 2 is 1.62 bits per heavy atom. The van der Waals surface area contributed by atoms with Crippen LogP contribution in [0.15, 0.2) is 60.8 Å². The molecular weight excluding hydrogens is 196 g/mol. The van der Waals surface area contributed by atoms with Gasteiger partial charge in [0.05, 0.1) is 11.2 Å². The lowest BCUT2D eigenvalue weighted by molar-refractivity contribution is 1.13. The van der Waals surface area contributed by atoms with Crippen LogP contribution in [0.4, 0.5) is 5.69 Å². The molecule has 0 aliphatic rings. The monoisotopic (exact) mass is 208 g/mol. The minimum atomic E-state index is 0.811. The van der Waals surface area contributed by atoms with Crippen LogP contribution < -0.4 is 5.73 Å². The first-order valence-electron chi connectivity index (χ1n) is 5.27. The van der Waals surface area contributed by atoms with Crippen LogP contribution in [0.3, 0.4) is 0 Å². The van der Waals surface area contributed by atoms with Gasteiger partial charge in [0.15, 0.2) is 0 Å². The van der Waals surface area contributed by atoms with E-state index in [-0.39, 0.29) is 0 Å². The molecule has 0 bridgehead atoms. The molecule has 0 aliphatic heterocycles. The van der Waals surface area contributed by atoms with E-state index >= 15 is 0 Å².